The minimum absolute atomic E-state index is 0.0650. The van der Waals surface area contributed by atoms with E-state index in [-0.39, 0.29) is 36.0 Å². The molecule has 3 aliphatic rings. The summed E-state index contributed by atoms with van der Waals surface area (Å²) >= 11 is 0. The van der Waals surface area contributed by atoms with E-state index in [1.807, 2.05) is 6.07 Å². The zero-order valence-corrected chi connectivity index (χ0v) is 18.5. The summed E-state index contributed by atoms with van der Waals surface area (Å²) in [4.78, 5) is 18.6. The summed E-state index contributed by atoms with van der Waals surface area (Å²) in [6, 6.07) is -1.93. The Morgan fingerprint density at radius 1 is 1.50 bits per heavy atom. The quantitative estimate of drug-likeness (QED) is 0.658. The van der Waals surface area contributed by atoms with Gasteiger partial charge >= 0.3 is 0 Å². The number of carbonyl (C=O) groups excluding carboxylic acids is 1. The maximum absolute atomic E-state index is 13.5. The van der Waals surface area contributed by atoms with Crippen LogP contribution in [0.15, 0.2) is 0 Å². The molecule has 32 heavy (non-hydrogen) atoms. The topological polar surface area (TPSA) is 78.7 Å². The second-order valence-corrected chi connectivity index (χ2v) is 8.82. The van der Waals surface area contributed by atoms with E-state index < -0.39 is 68.9 Å². The van der Waals surface area contributed by atoms with E-state index in [9.17, 15) is 14.2 Å². The average Bonchev–Trinajstić information content (AvgIpc) is 3.71. The van der Waals surface area contributed by atoms with E-state index in [0.29, 0.717) is 21.7 Å². The largest absolute Gasteiger partial charge is 0.384 e. The summed E-state index contributed by atoms with van der Waals surface area (Å²) in [6.45, 7) is -12.3. The molecule has 0 unspecified atom stereocenters. The van der Waals surface area contributed by atoms with Gasteiger partial charge in [-0.1, -0.05) is 13.7 Å². The van der Waals surface area contributed by atoms with Crippen molar-refractivity contribution in [2.75, 3.05) is 38.2 Å². The molecule has 174 valence electrons. The zero-order chi connectivity index (χ0) is 33.5. The smallest absolute Gasteiger partial charge is 0.225 e. The number of nitriles is 1. The van der Waals surface area contributed by atoms with E-state index in [1.54, 1.807) is 13.8 Å². The predicted octanol–water partition coefficient (Wildman–Crippen LogP) is 3.39. The van der Waals surface area contributed by atoms with Crippen LogP contribution in [0.25, 0.3) is 0 Å². The normalized spacial score (nSPS) is 34.7. The van der Waals surface area contributed by atoms with Gasteiger partial charge in [-0.15, -0.1) is 0 Å². The van der Waals surface area contributed by atoms with Crippen LogP contribution in [0.4, 0.5) is 5.82 Å². The number of fused-ring (bicyclic) bond motifs is 1. The Labute approximate surface area is 208 Å². The van der Waals surface area contributed by atoms with Gasteiger partial charge in [0.2, 0.25) is 5.91 Å². The fourth-order valence-electron chi connectivity index (χ4n) is 4.03. The molecule has 0 radical (unpaired) electrons. The summed E-state index contributed by atoms with van der Waals surface area (Å²) in [7, 11) is 1.22. The number of hydrogen-bond acceptors (Lipinski definition) is 6. The average molecular weight is 453 g/mol. The number of piperazine rings is 1. The number of pyridine rings is 1. The number of hydrogen-bond donors (Lipinski definition) is 0. The number of anilines is 1. The lowest BCUT2D eigenvalue weighted by Crippen LogP contribution is -2.57. The number of methoxy groups -OCH3 is 1. The Kier molecular flexibility index (Phi) is 3.47. The van der Waals surface area contributed by atoms with Gasteiger partial charge in [0.05, 0.1) is 49.4 Å². The molecule has 7 nitrogen and oxygen atoms in total. The Bertz CT molecular complexity index is 1360. The van der Waals surface area contributed by atoms with Crippen molar-refractivity contribution in [1.82, 2.24) is 9.88 Å². The molecule has 7 heteroatoms. The van der Waals surface area contributed by atoms with Crippen molar-refractivity contribution in [3.8, 4) is 6.07 Å². The number of aromatic nitrogens is 1. The van der Waals surface area contributed by atoms with Crippen molar-refractivity contribution in [2.45, 2.75) is 77.4 Å². The molecule has 1 amide bonds. The molecule has 2 aliphatic heterocycles. The maximum atomic E-state index is 13.5. The molecule has 0 aromatic carbocycles. The molecule has 0 bridgehead atoms. The standard InChI is InChI=1S/C25H36N4O3/c1-16(2)21-14-28(9-10-29(21)22(30)8-11-31-5)24-19(13-26)18-12-25(3,4)32-15-20(18)23(27-24)17-6-7-17/h16-17,21H,6-12,14-15H2,1-5H3/t21-/m0/s1/i1D3,2D3,10D2,14D2,16D,21D. The fourth-order valence-corrected chi connectivity index (χ4v) is 4.03. The van der Waals surface area contributed by atoms with Gasteiger partial charge in [0.1, 0.15) is 11.9 Å². The highest BCUT2D eigenvalue weighted by molar-refractivity contribution is 5.77. The van der Waals surface area contributed by atoms with Gasteiger partial charge in [0.25, 0.3) is 0 Å². The van der Waals surface area contributed by atoms with E-state index >= 15 is 0 Å². The van der Waals surface area contributed by atoms with Crippen molar-refractivity contribution >= 4 is 11.7 Å². The first-order valence-electron chi connectivity index (χ1n) is 16.6. The molecule has 2 fully saturated rings. The molecule has 0 spiro atoms. The van der Waals surface area contributed by atoms with Gasteiger partial charge in [-0.2, -0.15) is 5.26 Å². The SMILES string of the molecule is [2H]C1([2H])CN(c2nc(C3CC3)c3c(c2C#N)CC(C)(C)OC3)C([2H])([2H])[C@@]([2H])(C([2H])(C([2H])([2H])[2H])C([2H])([2H])[2H])N1C(=O)CCOC. The molecule has 4 rings (SSSR count). The van der Waals surface area contributed by atoms with Crippen LogP contribution in [-0.4, -0.2) is 60.7 Å². The van der Waals surface area contributed by atoms with Crippen LogP contribution in [0.2, 0.25) is 0 Å². The van der Waals surface area contributed by atoms with Gasteiger partial charge in [-0.05, 0) is 38.1 Å². The van der Waals surface area contributed by atoms with E-state index in [1.165, 1.54) is 7.11 Å². The first-order valence-corrected chi connectivity index (χ1v) is 10.6. The minimum atomic E-state index is -4.10. The number of amides is 1. The number of rotatable bonds is 6. The third-order valence-corrected chi connectivity index (χ3v) is 5.82. The molecular formula is C25H36N4O3. The predicted molar refractivity (Wildman–Crippen MR) is 123 cm³/mol. The Morgan fingerprint density at radius 3 is 2.94 bits per heavy atom. The van der Waals surface area contributed by atoms with Gasteiger partial charge in [-0.3, -0.25) is 4.79 Å². The van der Waals surface area contributed by atoms with Gasteiger partial charge in [-0.25, -0.2) is 4.98 Å². The van der Waals surface area contributed by atoms with Crippen LogP contribution in [0.3, 0.4) is 0 Å². The Morgan fingerprint density at radius 2 is 2.28 bits per heavy atom. The summed E-state index contributed by atoms with van der Waals surface area (Å²) in [6.07, 6.45) is 1.01. The second kappa shape index (κ2) is 8.99. The Balaban J connectivity index is 2.09. The zero-order valence-electron chi connectivity index (χ0n) is 30.5. The number of nitrogens with zero attached hydrogens (tertiary/aromatic N) is 4. The van der Waals surface area contributed by atoms with Crippen molar-refractivity contribution in [3.63, 3.8) is 0 Å². The van der Waals surface area contributed by atoms with Gasteiger partial charge in [0.15, 0.2) is 0 Å². The fraction of sp³-hybridized carbons (Fsp3) is 0.720. The highest BCUT2D eigenvalue weighted by atomic mass is 16.5. The van der Waals surface area contributed by atoms with Crippen LogP contribution in [-0.2, 0) is 27.3 Å². The summed E-state index contributed by atoms with van der Waals surface area (Å²) < 4.78 is 114. The number of ether oxygens (including phenoxy) is 2. The van der Waals surface area contributed by atoms with Gasteiger partial charge in [0, 0.05) is 54.1 Å². The van der Waals surface area contributed by atoms with E-state index in [0.717, 1.165) is 12.8 Å². The highest BCUT2D eigenvalue weighted by Gasteiger charge is 2.39. The third-order valence-electron chi connectivity index (χ3n) is 5.82. The van der Waals surface area contributed by atoms with Crippen LogP contribution >= 0.6 is 0 Å². The van der Waals surface area contributed by atoms with Crippen molar-refractivity contribution in [3.05, 3.63) is 22.4 Å². The van der Waals surface area contributed by atoms with Crippen LogP contribution in [0.5, 0.6) is 0 Å². The van der Waals surface area contributed by atoms with Crippen molar-refractivity contribution < 1.29 is 30.7 Å². The molecule has 3 heterocycles. The van der Waals surface area contributed by atoms with Crippen LogP contribution < -0.4 is 4.90 Å². The third kappa shape index (κ3) is 4.49. The summed E-state index contributed by atoms with van der Waals surface area (Å²) in [5.74, 6) is -5.90. The van der Waals surface area contributed by atoms with Crippen molar-refractivity contribution in [1.29, 1.82) is 5.26 Å². The van der Waals surface area contributed by atoms with Crippen LogP contribution in [0.1, 0.15) is 91.6 Å². The maximum Gasteiger partial charge on any atom is 0.225 e. The molecule has 1 saturated carbocycles. The highest BCUT2D eigenvalue weighted by Crippen LogP contribution is 2.46. The second-order valence-electron chi connectivity index (χ2n) is 8.82. The lowest BCUT2D eigenvalue weighted by atomic mass is 9.87. The lowest BCUT2D eigenvalue weighted by Gasteiger charge is -2.44. The monoisotopic (exact) mass is 452 g/mol. The lowest BCUT2D eigenvalue weighted by molar-refractivity contribution is -0.135. The van der Waals surface area contributed by atoms with E-state index in [2.05, 4.69) is 4.98 Å². The molecule has 1 saturated heterocycles. The molecular weight excluding hydrogens is 404 g/mol. The first kappa shape index (κ1) is 12.3. The van der Waals surface area contributed by atoms with Crippen LogP contribution in [0, 0.1) is 17.2 Å². The summed E-state index contributed by atoms with van der Waals surface area (Å²) in [5, 5.41) is 10.4. The molecule has 0 N–H and O–H groups in total. The molecule has 1 aromatic heterocycles. The first-order chi connectivity index (χ1) is 19.9. The molecule has 1 aromatic rings. The molecule has 1 atom stereocenters. The van der Waals surface area contributed by atoms with Gasteiger partial charge < -0.3 is 19.3 Å². The molecule has 1 aliphatic carbocycles. The Hall–Kier alpha value is -2.17. The van der Waals surface area contributed by atoms with E-state index in [4.69, 9.17) is 21.8 Å². The van der Waals surface area contributed by atoms with Crippen molar-refractivity contribution in [2.24, 2.45) is 5.89 Å². The minimum Gasteiger partial charge on any atom is -0.384 e. The summed E-state index contributed by atoms with van der Waals surface area (Å²) in [5.41, 5.74) is 0.695. The number of carbonyl (C=O) groups is 1.